The van der Waals surface area contributed by atoms with Crippen LogP contribution in [0.3, 0.4) is 0 Å². The van der Waals surface area contributed by atoms with Crippen LogP contribution in [0.1, 0.15) is 26.5 Å². The fraction of sp³-hybridized carbons (Fsp3) is 0.545. The van der Waals surface area contributed by atoms with Crippen LogP contribution in [-0.2, 0) is 6.42 Å². The van der Waals surface area contributed by atoms with Crippen LogP contribution in [0.4, 0.5) is 4.39 Å². The Labute approximate surface area is 109 Å². The van der Waals surface area contributed by atoms with E-state index in [-0.39, 0.29) is 5.75 Å². The lowest BCUT2D eigenvalue weighted by Crippen LogP contribution is -2.56. The number of rotatable bonds is 4. The Morgan fingerprint density at radius 3 is 2.22 bits per heavy atom. The van der Waals surface area contributed by atoms with Gasteiger partial charge in [0.1, 0.15) is 5.75 Å². The number of aryl methyl sites for hydroxylation is 1. The first-order valence-electron chi connectivity index (χ1n) is 5.61. The quantitative estimate of drug-likeness (QED) is 0.609. The Balaban J connectivity index is 0.00000137. The molecule has 96 valence electrons. The van der Waals surface area contributed by atoms with Gasteiger partial charge < -0.3 is 14.9 Å². The third kappa shape index (κ3) is 4.66. The Hall–Kier alpha value is -1.07. The Kier molecular flexibility index (Phi) is 6.35. The maximum Gasteiger partial charge on any atom is 0.210 e. The van der Waals surface area contributed by atoms with Gasteiger partial charge in [0.05, 0.1) is 6.20 Å². The number of alkyl halides is 1. The van der Waals surface area contributed by atoms with Crippen LogP contribution in [-0.4, -0.2) is 42.3 Å². The molecule has 0 spiro atoms. The highest BCUT2D eigenvalue weighted by Gasteiger charge is 2.43. The minimum absolute atomic E-state index is 0.0104. The summed E-state index contributed by atoms with van der Waals surface area (Å²) in [7, 11) is 9.54. The van der Waals surface area contributed by atoms with Crippen LogP contribution in [0.15, 0.2) is 18.3 Å². The maximum atomic E-state index is 12.8. The van der Waals surface area contributed by atoms with Crippen LogP contribution in [0.2, 0.25) is 0 Å². The minimum Gasteiger partial charge on any atom is -0.466 e. The highest BCUT2D eigenvalue weighted by molar-refractivity contribution is 6.23. The number of hydrogen-bond donors (Lipinski definition) is 2. The molecule has 2 unspecified atom stereocenters. The van der Waals surface area contributed by atoms with Gasteiger partial charge in [-0.25, -0.2) is 4.39 Å². The van der Waals surface area contributed by atoms with E-state index >= 15 is 0 Å². The number of pyridine rings is 1. The highest BCUT2D eigenvalue weighted by atomic mass is 19.2. The second kappa shape index (κ2) is 6.75. The molecule has 4 nitrogen and oxygen atoms in total. The molecule has 0 aromatic carbocycles. The van der Waals surface area contributed by atoms with Crippen molar-refractivity contribution < 1.29 is 19.3 Å². The third-order valence-corrected chi connectivity index (χ3v) is 1.94. The van der Waals surface area contributed by atoms with E-state index in [0.29, 0.717) is 0 Å². The Morgan fingerprint density at radius 2 is 1.89 bits per heavy atom. The van der Waals surface area contributed by atoms with E-state index in [9.17, 15) is 9.50 Å². The molecular formula is C11H16B2FNO3. The fourth-order valence-corrected chi connectivity index (χ4v) is 0.932. The zero-order valence-electron chi connectivity index (χ0n) is 10.7. The molecule has 0 aliphatic heterocycles. The van der Waals surface area contributed by atoms with Gasteiger partial charge in [-0.15, -0.1) is 0 Å². The first kappa shape index (κ1) is 16.9. The molecule has 0 saturated carbocycles. The van der Waals surface area contributed by atoms with Gasteiger partial charge in [0.2, 0.25) is 11.4 Å². The number of nitrogens with zero attached hydrogens (tertiary/aromatic N) is 1. The minimum atomic E-state index is -3.57. The summed E-state index contributed by atoms with van der Waals surface area (Å²) >= 11 is 0. The van der Waals surface area contributed by atoms with Crippen molar-refractivity contribution in [2.45, 2.75) is 38.6 Å². The topological polar surface area (TPSA) is 62.6 Å². The first-order chi connectivity index (χ1) is 8.26. The average Bonchev–Trinajstić information content (AvgIpc) is 2.31. The summed E-state index contributed by atoms with van der Waals surface area (Å²) in [5, 5.41) is 17.9. The number of hydrogen-bond acceptors (Lipinski definition) is 4. The summed E-state index contributed by atoms with van der Waals surface area (Å²) < 4.78 is 17.4. The molecule has 0 aliphatic rings. The normalized spacial score (nSPS) is 16.8. The molecule has 1 heterocycles. The van der Waals surface area contributed by atoms with Crippen molar-refractivity contribution in [1.29, 1.82) is 0 Å². The fourth-order valence-electron chi connectivity index (χ4n) is 0.932. The number of halogens is 1. The van der Waals surface area contributed by atoms with Gasteiger partial charge in [-0.2, -0.15) is 0 Å². The van der Waals surface area contributed by atoms with Crippen LogP contribution in [0.25, 0.3) is 0 Å². The predicted molar refractivity (Wildman–Crippen MR) is 68.1 cm³/mol. The Morgan fingerprint density at radius 1 is 1.33 bits per heavy atom. The molecule has 0 fully saturated rings. The van der Waals surface area contributed by atoms with Crippen molar-refractivity contribution in [3.63, 3.8) is 0 Å². The third-order valence-electron chi connectivity index (χ3n) is 1.94. The summed E-state index contributed by atoms with van der Waals surface area (Å²) in [4.78, 5) is 3.93. The second-order valence-corrected chi connectivity index (χ2v) is 3.31. The molecule has 0 amide bonds. The van der Waals surface area contributed by atoms with Gasteiger partial charge in [0.25, 0.3) is 0 Å². The van der Waals surface area contributed by atoms with Gasteiger partial charge in [-0.3, -0.25) is 4.98 Å². The molecule has 0 saturated heterocycles. The average molecular weight is 251 g/mol. The van der Waals surface area contributed by atoms with Crippen LogP contribution < -0.4 is 4.74 Å². The number of aromatic nitrogens is 1. The molecule has 2 atom stereocenters. The van der Waals surface area contributed by atoms with Gasteiger partial charge in [0, 0.05) is 5.69 Å². The zero-order chi connectivity index (χ0) is 14.4. The second-order valence-electron chi connectivity index (χ2n) is 3.31. The maximum absolute atomic E-state index is 12.8. The molecule has 1 aromatic heterocycles. The molecule has 18 heavy (non-hydrogen) atoms. The van der Waals surface area contributed by atoms with E-state index in [1.807, 2.05) is 20.8 Å². The summed E-state index contributed by atoms with van der Waals surface area (Å²) in [5.41, 5.74) is -2.25. The van der Waals surface area contributed by atoms with Crippen molar-refractivity contribution in [1.82, 2.24) is 4.98 Å². The van der Waals surface area contributed by atoms with Crippen molar-refractivity contribution in [3.8, 4) is 5.75 Å². The van der Waals surface area contributed by atoms with E-state index < -0.39 is 11.4 Å². The molecule has 4 radical (unpaired) electrons. The zero-order valence-corrected chi connectivity index (χ0v) is 10.7. The monoisotopic (exact) mass is 251 g/mol. The lowest BCUT2D eigenvalue weighted by atomic mass is 9.76. The van der Waals surface area contributed by atoms with E-state index in [1.54, 1.807) is 6.07 Å². The summed E-state index contributed by atoms with van der Waals surface area (Å²) in [6.45, 7) is 5.91. The van der Waals surface area contributed by atoms with Crippen LogP contribution in [0.5, 0.6) is 5.75 Å². The largest absolute Gasteiger partial charge is 0.466 e. The van der Waals surface area contributed by atoms with Gasteiger partial charge >= 0.3 is 0 Å². The van der Waals surface area contributed by atoms with E-state index in [4.69, 9.17) is 13.0 Å². The molecule has 2 N–H and O–H groups in total. The van der Waals surface area contributed by atoms with Gasteiger partial charge in [0.15, 0.2) is 15.7 Å². The van der Waals surface area contributed by atoms with Crippen molar-refractivity contribution in [2.75, 3.05) is 0 Å². The van der Waals surface area contributed by atoms with Gasteiger partial charge in [-0.1, -0.05) is 20.8 Å². The van der Waals surface area contributed by atoms with E-state index in [0.717, 1.165) is 12.1 Å². The van der Waals surface area contributed by atoms with Crippen molar-refractivity contribution in [2.24, 2.45) is 0 Å². The van der Waals surface area contributed by atoms with Crippen LogP contribution in [0, 0.1) is 0 Å². The molecule has 0 aliphatic carbocycles. The summed E-state index contributed by atoms with van der Waals surface area (Å²) in [5.74, 6) is -3.58. The lowest BCUT2D eigenvalue weighted by molar-refractivity contribution is -0.217. The SMILES string of the molecule is CC.[B]C(O)(F)C([B])(O)Oc1ccc(CC)nc1. The van der Waals surface area contributed by atoms with E-state index in [1.165, 1.54) is 12.3 Å². The predicted octanol–water partition coefficient (Wildman–Crippen LogP) is 0.648. The standard InChI is InChI=1S/C9H10B2FNO3.C2H6/c1-2-6-3-4-7(5-13-6)16-9(11,15)8(10,12)14;1-2/h3-5,14-15H,2H2,1H3;1-2H3. The van der Waals surface area contributed by atoms with Crippen molar-refractivity contribution in [3.05, 3.63) is 24.0 Å². The van der Waals surface area contributed by atoms with Crippen LogP contribution >= 0.6 is 0 Å². The summed E-state index contributed by atoms with van der Waals surface area (Å²) in [6.07, 6.45) is 1.96. The number of ether oxygens (including phenoxy) is 1. The highest BCUT2D eigenvalue weighted by Crippen LogP contribution is 2.22. The molecular weight excluding hydrogens is 235 g/mol. The van der Waals surface area contributed by atoms with Gasteiger partial charge in [-0.05, 0) is 18.6 Å². The van der Waals surface area contributed by atoms with Crippen molar-refractivity contribution >= 4 is 15.7 Å². The molecule has 1 aromatic rings. The molecule has 7 heteroatoms. The molecule has 1 rings (SSSR count). The number of aliphatic hydroxyl groups is 2. The Bertz CT molecular complexity index is 352. The lowest BCUT2D eigenvalue weighted by Gasteiger charge is -2.33. The van der Waals surface area contributed by atoms with E-state index in [2.05, 4.69) is 17.6 Å². The summed E-state index contributed by atoms with van der Waals surface area (Å²) in [6, 6.07) is 3.04. The molecule has 0 bridgehead atoms. The smallest absolute Gasteiger partial charge is 0.210 e. The first-order valence-corrected chi connectivity index (χ1v) is 5.61.